The topological polar surface area (TPSA) is 29.3 Å². The smallest absolute Gasteiger partial charge is 0.0485 e. The van der Waals surface area contributed by atoms with E-state index in [1.807, 2.05) is 12.1 Å². The van der Waals surface area contributed by atoms with Crippen molar-refractivity contribution in [1.29, 1.82) is 0 Å². The van der Waals surface area contributed by atoms with Crippen molar-refractivity contribution in [2.75, 3.05) is 13.6 Å². The second-order valence-corrected chi connectivity index (χ2v) is 6.22. The van der Waals surface area contributed by atoms with Crippen LogP contribution in [0.15, 0.2) is 18.2 Å². The first kappa shape index (κ1) is 15.1. The number of nitrogens with two attached hydrogens (primary N) is 1. The molecular formula is C15H22Cl2N2. The quantitative estimate of drug-likeness (QED) is 0.900. The average Bonchev–Trinajstić information content (AvgIpc) is 2.42. The molecule has 1 fully saturated rings. The molecule has 1 atom stereocenters. The van der Waals surface area contributed by atoms with Crippen LogP contribution in [0.2, 0.25) is 10.0 Å². The first-order valence-corrected chi connectivity index (χ1v) is 7.76. The third-order valence-corrected chi connectivity index (χ3v) is 4.75. The van der Waals surface area contributed by atoms with E-state index in [0.717, 1.165) is 5.56 Å². The highest BCUT2D eigenvalue weighted by atomic mass is 35.5. The van der Waals surface area contributed by atoms with Crippen LogP contribution >= 0.6 is 23.2 Å². The summed E-state index contributed by atoms with van der Waals surface area (Å²) in [6.45, 7) is 0.578. The highest BCUT2D eigenvalue weighted by molar-refractivity contribution is 6.35. The number of nitrogens with zero attached hydrogens (tertiary/aromatic N) is 1. The molecule has 0 saturated heterocycles. The van der Waals surface area contributed by atoms with E-state index in [-0.39, 0.29) is 6.04 Å². The molecule has 19 heavy (non-hydrogen) atoms. The zero-order valence-electron chi connectivity index (χ0n) is 11.4. The summed E-state index contributed by atoms with van der Waals surface area (Å²) in [5, 5.41) is 1.38. The van der Waals surface area contributed by atoms with E-state index >= 15 is 0 Å². The molecule has 0 aromatic heterocycles. The number of rotatable bonds is 4. The Hall–Kier alpha value is -0.280. The molecule has 1 aromatic rings. The number of halogens is 2. The van der Waals surface area contributed by atoms with Crippen LogP contribution in [0.5, 0.6) is 0 Å². The van der Waals surface area contributed by atoms with E-state index in [0.29, 0.717) is 22.6 Å². The summed E-state index contributed by atoms with van der Waals surface area (Å²) in [5.41, 5.74) is 7.07. The molecule has 2 nitrogen and oxygen atoms in total. The van der Waals surface area contributed by atoms with Crippen LogP contribution in [0.25, 0.3) is 0 Å². The summed E-state index contributed by atoms with van der Waals surface area (Å²) in [4.78, 5) is 2.40. The molecule has 2 rings (SSSR count). The van der Waals surface area contributed by atoms with Gasteiger partial charge in [-0.05, 0) is 37.6 Å². The van der Waals surface area contributed by atoms with E-state index in [2.05, 4.69) is 11.9 Å². The number of hydrogen-bond acceptors (Lipinski definition) is 2. The van der Waals surface area contributed by atoms with Crippen LogP contribution in [0.4, 0.5) is 0 Å². The fourth-order valence-corrected chi connectivity index (χ4v) is 3.56. The lowest BCUT2D eigenvalue weighted by molar-refractivity contribution is 0.141. The van der Waals surface area contributed by atoms with Crippen molar-refractivity contribution in [2.45, 2.75) is 44.2 Å². The average molecular weight is 301 g/mol. The minimum Gasteiger partial charge on any atom is -0.329 e. The molecule has 0 radical (unpaired) electrons. The van der Waals surface area contributed by atoms with Crippen molar-refractivity contribution in [3.8, 4) is 0 Å². The highest BCUT2D eigenvalue weighted by Crippen LogP contribution is 2.32. The normalized spacial score (nSPS) is 18.8. The Morgan fingerprint density at radius 1 is 1.26 bits per heavy atom. The van der Waals surface area contributed by atoms with Gasteiger partial charge in [-0.3, -0.25) is 4.90 Å². The molecule has 0 spiro atoms. The standard InChI is InChI=1S/C15H22Cl2N2/c1-19(12-5-3-2-4-6-12)15(10-18)13-8-7-11(16)9-14(13)17/h7-9,12,15H,2-6,10,18H2,1H3. The summed E-state index contributed by atoms with van der Waals surface area (Å²) in [5.74, 6) is 0. The van der Waals surface area contributed by atoms with Gasteiger partial charge in [-0.15, -0.1) is 0 Å². The Morgan fingerprint density at radius 2 is 1.95 bits per heavy atom. The minimum absolute atomic E-state index is 0.174. The molecule has 1 saturated carbocycles. The first-order valence-electron chi connectivity index (χ1n) is 7.00. The summed E-state index contributed by atoms with van der Waals surface area (Å²) >= 11 is 12.3. The zero-order valence-corrected chi connectivity index (χ0v) is 12.9. The molecule has 0 heterocycles. The first-order chi connectivity index (χ1) is 9.13. The molecule has 1 aromatic carbocycles. The maximum absolute atomic E-state index is 6.32. The minimum atomic E-state index is 0.174. The van der Waals surface area contributed by atoms with Gasteiger partial charge < -0.3 is 5.73 Å². The number of hydrogen-bond donors (Lipinski definition) is 1. The van der Waals surface area contributed by atoms with Crippen LogP contribution in [-0.2, 0) is 0 Å². The SMILES string of the molecule is CN(C1CCCCC1)C(CN)c1ccc(Cl)cc1Cl. The maximum atomic E-state index is 6.32. The van der Waals surface area contributed by atoms with E-state index in [4.69, 9.17) is 28.9 Å². The number of benzene rings is 1. The zero-order chi connectivity index (χ0) is 13.8. The molecule has 0 bridgehead atoms. The Kier molecular flexibility index (Phi) is 5.52. The second kappa shape index (κ2) is 6.94. The van der Waals surface area contributed by atoms with E-state index in [9.17, 15) is 0 Å². The second-order valence-electron chi connectivity index (χ2n) is 5.37. The van der Waals surface area contributed by atoms with Crippen molar-refractivity contribution in [3.63, 3.8) is 0 Å². The molecule has 2 N–H and O–H groups in total. The van der Waals surface area contributed by atoms with Crippen molar-refractivity contribution < 1.29 is 0 Å². The van der Waals surface area contributed by atoms with Crippen molar-refractivity contribution in [2.24, 2.45) is 5.73 Å². The van der Waals surface area contributed by atoms with Crippen LogP contribution in [0, 0.1) is 0 Å². The Morgan fingerprint density at radius 3 is 2.53 bits per heavy atom. The molecule has 106 valence electrons. The molecule has 1 unspecified atom stereocenters. The fourth-order valence-electron chi connectivity index (χ4n) is 3.03. The van der Waals surface area contributed by atoms with Gasteiger partial charge in [0, 0.05) is 28.7 Å². The molecule has 0 amide bonds. The van der Waals surface area contributed by atoms with Crippen molar-refractivity contribution in [3.05, 3.63) is 33.8 Å². The molecule has 1 aliphatic rings. The Labute approximate surface area is 125 Å². The van der Waals surface area contributed by atoms with E-state index in [1.54, 1.807) is 6.07 Å². The van der Waals surface area contributed by atoms with Gasteiger partial charge in [0.05, 0.1) is 0 Å². The van der Waals surface area contributed by atoms with Crippen LogP contribution < -0.4 is 5.73 Å². The van der Waals surface area contributed by atoms with Crippen molar-refractivity contribution in [1.82, 2.24) is 4.90 Å². The summed E-state index contributed by atoms with van der Waals surface area (Å²) in [6.07, 6.45) is 6.52. The summed E-state index contributed by atoms with van der Waals surface area (Å²) in [6, 6.07) is 6.49. The Bertz CT molecular complexity index is 417. The lowest BCUT2D eigenvalue weighted by atomic mass is 9.92. The van der Waals surface area contributed by atoms with Crippen LogP contribution in [-0.4, -0.2) is 24.5 Å². The van der Waals surface area contributed by atoms with Gasteiger partial charge in [-0.1, -0.05) is 48.5 Å². The van der Waals surface area contributed by atoms with Gasteiger partial charge in [0.15, 0.2) is 0 Å². The number of likely N-dealkylation sites (N-methyl/N-ethyl adjacent to an activating group) is 1. The van der Waals surface area contributed by atoms with Gasteiger partial charge in [-0.2, -0.15) is 0 Å². The fraction of sp³-hybridized carbons (Fsp3) is 0.600. The maximum Gasteiger partial charge on any atom is 0.0485 e. The van der Waals surface area contributed by atoms with Gasteiger partial charge in [0.2, 0.25) is 0 Å². The molecule has 1 aliphatic carbocycles. The predicted octanol–water partition coefficient (Wildman–Crippen LogP) is 4.26. The lowest BCUT2D eigenvalue weighted by Gasteiger charge is -2.37. The lowest BCUT2D eigenvalue weighted by Crippen LogP contribution is -2.39. The molecular weight excluding hydrogens is 279 g/mol. The van der Waals surface area contributed by atoms with E-state index in [1.165, 1.54) is 32.1 Å². The molecule has 0 aliphatic heterocycles. The largest absolute Gasteiger partial charge is 0.329 e. The monoisotopic (exact) mass is 300 g/mol. The van der Waals surface area contributed by atoms with Gasteiger partial charge in [0.25, 0.3) is 0 Å². The van der Waals surface area contributed by atoms with Gasteiger partial charge in [0.1, 0.15) is 0 Å². The van der Waals surface area contributed by atoms with Gasteiger partial charge in [-0.25, -0.2) is 0 Å². The van der Waals surface area contributed by atoms with Crippen LogP contribution in [0.3, 0.4) is 0 Å². The molecule has 4 heteroatoms. The Balaban J connectivity index is 2.18. The van der Waals surface area contributed by atoms with Crippen molar-refractivity contribution >= 4 is 23.2 Å². The summed E-state index contributed by atoms with van der Waals surface area (Å²) in [7, 11) is 2.17. The summed E-state index contributed by atoms with van der Waals surface area (Å²) < 4.78 is 0. The highest BCUT2D eigenvalue weighted by Gasteiger charge is 2.26. The van der Waals surface area contributed by atoms with Crippen LogP contribution in [0.1, 0.15) is 43.7 Å². The third kappa shape index (κ3) is 3.63. The van der Waals surface area contributed by atoms with Gasteiger partial charge >= 0.3 is 0 Å². The third-order valence-electron chi connectivity index (χ3n) is 4.19. The van der Waals surface area contributed by atoms with E-state index < -0.39 is 0 Å². The predicted molar refractivity (Wildman–Crippen MR) is 82.9 cm³/mol.